The number of benzene rings is 1. The van der Waals surface area contributed by atoms with E-state index in [0.717, 1.165) is 36.6 Å². The lowest BCUT2D eigenvalue weighted by Gasteiger charge is -2.25. The molecule has 0 amide bonds. The lowest BCUT2D eigenvalue weighted by molar-refractivity contribution is 0.139. The quantitative estimate of drug-likeness (QED) is 0.917. The number of nitrogens with zero attached hydrogens (tertiary/aromatic N) is 1. The average Bonchev–Trinajstić information content (AvgIpc) is 3.08. The molecule has 2 aromatic rings. The van der Waals surface area contributed by atoms with Crippen molar-refractivity contribution in [3.8, 4) is 11.5 Å². The van der Waals surface area contributed by atoms with Gasteiger partial charge in [0.25, 0.3) is 0 Å². The van der Waals surface area contributed by atoms with E-state index in [1.54, 1.807) is 13.3 Å². The number of hydrogen-bond donors (Lipinski definition) is 1. The Morgan fingerprint density at radius 1 is 1.19 bits per heavy atom. The van der Waals surface area contributed by atoms with Crippen LogP contribution in [0.5, 0.6) is 11.5 Å². The van der Waals surface area contributed by atoms with Gasteiger partial charge in [-0.25, -0.2) is 0 Å². The zero-order valence-corrected chi connectivity index (χ0v) is 12.2. The molecule has 1 fully saturated rings. The predicted octanol–water partition coefficient (Wildman–Crippen LogP) is 2.82. The summed E-state index contributed by atoms with van der Waals surface area (Å²) in [7, 11) is 1.67. The summed E-state index contributed by atoms with van der Waals surface area (Å²) in [6, 6.07) is 11.8. The van der Waals surface area contributed by atoms with Crippen molar-refractivity contribution in [2.24, 2.45) is 5.92 Å². The Morgan fingerprint density at radius 2 is 2.05 bits per heavy atom. The molecule has 1 aromatic heterocycles. The minimum atomic E-state index is -0.00926. The highest BCUT2D eigenvalue weighted by Crippen LogP contribution is 2.35. The second-order valence-corrected chi connectivity index (χ2v) is 5.23. The number of pyridine rings is 1. The number of ether oxygens (including phenoxy) is 2. The Kier molecular flexibility index (Phi) is 4.36. The highest BCUT2D eigenvalue weighted by Gasteiger charge is 2.28. The molecule has 4 nitrogen and oxygen atoms in total. The third-order valence-electron chi connectivity index (χ3n) is 3.86. The van der Waals surface area contributed by atoms with Crippen LogP contribution in [0.25, 0.3) is 0 Å². The normalized spacial score (nSPS) is 19.2. The first-order valence-electron chi connectivity index (χ1n) is 7.29. The van der Waals surface area contributed by atoms with Gasteiger partial charge in [0, 0.05) is 30.4 Å². The van der Waals surface area contributed by atoms with Crippen LogP contribution in [0.3, 0.4) is 0 Å². The highest BCUT2D eigenvalue weighted by atomic mass is 16.5. The molecule has 0 aliphatic carbocycles. The van der Waals surface area contributed by atoms with E-state index < -0.39 is 0 Å². The number of para-hydroxylation sites is 2. The third-order valence-corrected chi connectivity index (χ3v) is 3.86. The van der Waals surface area contributed by atoms with E-state index in [9.17, 15) is 0 Å². The van der Waals surface area contributed by atoms with E-state index in [1.165, 1.54) is 0 Å². The van der Waals surface area contributed by atoms with Crippen molar-refractivity contribution < 1.29 is 9.47 Å². The van der Waals surface area contributed by atoms with Crippen molar-refractivity contribution in [3.05, 3.63) is 54.4 Å². The van der Waals surface area contributed by atoms with Gasteiger partial charge in [0.15, 0.2) is 11.5 Å². The Balaban J connectivity index is 1.88. The molecule has 3 rings (SSSR count). The molecule has 21 heavy (non-hydrogen) atoms. The van der Waals surface area contributed by atoms with Crippen LogP contribution >= 0.6 is 0 Å². The van der Waals surface area contributed by atoms with Gasteiger partial charge in [0.05, 0.1) is 7.11 Å². The van der Waals surface area contributed by atoms with Crippen molar-refractivity contribution in [1.82, 2.24) is 10.3 Å². The molecular formula is C17H20N2O2. The fraction of sp³-hybridized carbons (Fsp3) is 0.353. The van der Waals surface area contributed by atoms with Gasteiger partial charge >= 0.3 is 0 Å². The van der Waals surface area contributed by atoms with Gasteiger partial charge in [-0.15, -0.1) is 0 Å². The Bertz CT molecular complexity index is 568. The van der Waals surface area contributed by atoms with Gasteiger partial charge in [-0.05, 0) is 31.2 Å². The average molecular weight is 284 g/mol. The standard InChI is InChI=1S/C17H20N2O2/c1-20-15-6-2-3-7-16(15)21-17(14-8-10-19-12-14)13-5-4-9-18-11-13/h2-7,9,11,14,17,19H,8,10,12H2,1H3. The minimum Gasteiger partial charge on any atom is -0.493 e. The monoisotopic (exact) mass is 284 g/mol. The van der Waals surface area contributed by atoms with Gasteiger partial charge < -0.3 is 14.8 Å². The lowest BCUT2D eigenvalue weighted by Crippen LogP contribution is -2.21. The van der Waals surface area contributed by atoms with Gasteiger partial charge in [-0.2, -0.15) is 0 Å². The first-order chi connectivity index (χ1) is 10.4. The lowest BCUT2D eigenvalue weighted by atomic mass is 9.96. The smallest absolute Gasteiger partial charge is 0.162 e. The minimum absolute atomic E-state index is 0.00926. The molecule has 0 radical (unpaired) electrons. The van der Waals surface area contributed by atoms with E-state index in [0.29, 0.717) is 5.92 Å². The van der Waals surface area contributed by atoms with Crippen LogP contribution in [0.15, 0.2) is 48.8 Å². The number of rotatable bonds is 5. The maximum atomic E-state index is 6.30. The zero-order valence-electron chi connectivity index (χ0n) is 12.2. The Morgan fingerprint density at radius 3 is 2.71 bits per heavy atom. The molecular weight excluding hydrogens is 264 g/mol. The van der Waals surface area contributed by atoms with Crippen molar-refractivity contribution in [2.45, 2.75) is 12.5 Å². The summed E-state index contributed by atoms with van der Waals surface area (Å²) in [5.41, 5.74) is 1.11. The van der Waals surface area contributed by atoms with Crippen molar-refractivity contribution in [2.75, 3.05) is 20.2 Å². The first-order valence-corrected chi connectivity index (χ1v) is 7.29. The number of hydrogen-bond acceptors (Lipinski definition) is 4. The summed E-state index contributed by atoms with van der Waals surface area (Å²) >= 11 is 0. The van der Waals surface area contributed by atoms with Gasteiger partial charge in [0.1, 0.15) is 6.10 Å². The summed E-state index contributed by atoms with van der Waals surface area (Å²) in [6.07, 6.45) is 4.77. The zero-order chi connectivity index (χ0) is 14.5. The van der Waals surface area contributed by atoms with E-state index in [-0.39, 0.29) is 6.10 Å². The van der Waals surface area contributed by atoms with E-state index >= 15 is 0 Å². The molecule has 2 heterocycles. The molecule has 1 aromatic carbocycles. The fourth-order valence-electron chi connectivity index (χ4n) is 2.77. The van der Waals surface area contributed by atoms with E-state index in [4.69, 9.17) is 9.47 Å². The molecule has 0 spiro atoms. The van der Waals surface area contributed by atoms with Crippen LogP contribution in [0, 0.1) is 5.92 Å². The Hall–Kier alpha value is -2.07. The van der Waals surface area contributed by atoms with Crippen LogP contribution in [0.2, 0.25) is 0 Å². The van der Waals surface area contributed by atoms with Crippen LogP contribution < -0.4 is 14.8 Å². The second-order valence-electron chi connectivity index (χ2n) is 5.23. The summed E-state index contributed by atoms with van der Waals surface area (Å²) in [5, 5.41) is 3.41. The highest BCUT2D eigenvalue weighted by molar-refractivity contribution is 5.40. The molecule has 0 saturated carbocycles. The van der Waals surface area contributed by atoms with Crippen LogP contribution in [0.4, 0.5) is 0 Å². The third kappa shape index (κ3) is 3.16. The molecule has 1 aliphatic rings. The van der Waals surface area contributed by atoms with Gasteiger partial charge in [-0.3, -0.25) is 4.98 Å². The number of nitrogens with one attached hydrogen (secondary N) is 1. The van der Waals surface area contributed by atoms with Crippen molar-refractivity contribution >= 4 is 0 Å². The SMILES string of the molecule is COc1ccccc1OC(c1cccnc1)C1CCNC1. The largest absolute Gasteiger partial charge is 0.493 e. The molecule has 1 aliphatic heterocycles. The van der Waals surface area contributed by atoms with Gasteiger partial charge in [0.2, 0.25) is 0 Å². The molecule has 2 atom stereocenters. The van der Waals surface area contributed by atoms with E-state index in [1.807, 2.05) is 36.5 Å². The summed E-state index contributed by atoms with van der Waals surface area (Å²) in [4.78, 5) is 4.23. The van der Waals surface area contributed by atoms with Gasteiger partial charge in [-0.1, -0.05) is 18.2 Å². The van der Waals surface area contributed by atoms with Crippen LogP contribution in [-0.2, 0) is 0 Å². The van der Waals surface area contributed by atoms with Crippen LogP contribution in [-0.4, -0.2) is 25.2 Å². The number of aromatic nitrogens is 1. The summed E-state index contributed by atoms with van der Waals surface area (Å²) in [6.45, 7) is 2.01. The summed E-state index contributed by atoms with van der Waals surface area (Å²) in [5.74, 6) is 1.98. The molecule has 4 heteroatoms. The van der Waals surface area contributed by atoms with Crippen LogP contribution in [0.1, 0.15) is 18.1 Å². The topological polar surface area (TPSA) is 43.4 Å². The molecule has 0 bridgehead atoms. The second kappa shape index (κ2) is 6.59. The molecule has 110 valence electrons. The van der Waals surface area contributed by atoms with Crippen molar-refractivity contribution in [3.63, 3.8) is 0 Å². The molecule has 1 N–H and O–H groups in total. The maximum absolute atomic E-state index is 6.30. The molecule has 2 unspecified atom stereocenters. The predicted molar refractivity (Wildman–Crippen MR) is 81.6 cm³/mol. The first kappa shape index (κ1) is 13.9. The summed E-state index contributed by atoms with van der Waals surface area (Å²) < 4.78 is 11.7. The van der Waals surface area contributed by atoms with E-state index in [2.05, 4.69) is 16.4 Å². The molecule has 1 saturated heterocycles. The Labute approximate surface area is 125 Å². The van der Waals surface area contributed by atoms with Crippen molar-refractivity contribution in [1.29, 1.82) is 0 Å². The maximum Gasteiger partial charge on any atom is 0.162 e. The fourth-order valence-corrected chi connectivity index (χ4v) is 2.77. The number of methoxy groups -OCH3 is 1.